The normalized spacial score (nSPS) is 11.6. The molecule has 3 N–H and O–H groups in total. The van der Waals surface area contributed by atoms with Crippen molar-refractivity contribution in [3.63, 3.8) is 0 Å². The smallest absolute Gasteiger partial charge is 0.283 e. The molecule has 0 saturated heterocycles. The lowest BCUT2D eigenvalue weighted by Crippen LogP contribution is -2.36. The van der Waals surface area contributed by atoms with Crippen LogP contribution in [0.2, 0.25) is 0 Å². The Balaban J connectivity index is 2.17. The van der Waals surface area contributed by atoms with Gasteiger partial charge in [-0.05, 0) is 24.3 Å². The van der Waals surface area contributed by atoms with Crippen LogP contribution in [0.1, 0.15) is 15.9 Å². The number of hydrogen-bond acceptors (Lipinski definition) is 4. The van der Waals surface area contributed by atoms with Crippen LogP contribution in [0.4, 0.5) is 0 Å². The zero-order chi connectivity index (χ0) is 17.3. The van der Waals surface area contributed by atoms with Crippen LogP contribution in [0.5, 0.6) is 11.5 Å². The van der Waals surface area contributed by atoms with Crippen molar-refractivity contribution in [1.82, 2.24) is 9.78 Å². The molecule has 0 radical (unpaired) electrons. The fourth-order valence-electron chi connectivity index (χ4n) is 2.33. The molecule has 0 bridgehead atoms. The Morgan fingerprint density at radius 2 is 1.67 bits per heavy atom. The molecule has 0 fully saturated rings. The van der Waals surface area contributed by atoms with Gasteiger partial charge in [0.1, 0.15) is 11.5 Å². The number of para-hydroxylation sites is 2. The summed E-state index contributed by atoms with van der Waals surface area (Å²) >= 11 is 0. The van der Waals surface area contributed by atoms with Gasteiger partial charge >= 0.3 is 0 Å². The second-order valence-electron chi connectivity index (χ2n) is 5.17. The van der Waals surface area contributed by atoms with Gasteiger partial charge in [-0.25, -0.2) is 0 Å². The quantitative estimate of drug-likeness (QED) is 0.641. The minimum atomic E-state index is -0.695. The third kappa shape index (κ3) is 2.61. The van der Waals surface area contributed by atoms with Crippen LogP contribution in [-0.2, 0) is 0 Å². The van der Waals surface area contributed by atoms with E-state index in [1.807, 2.05) is 0 Å². The molecule has 0 aliphatic rings. The molecule has 0 unspecified atom stereocenters. The highest BCUT2D eigenvalue weighted by Crippen LogP contribution is 2.16. The van der Waals surface area contributed by atoms with Crippen molar-refractivity contribution in [3.05, 3.63) is 80.6 Å². The number of carbonyl (C=O) groups excluding carboxylic acids is 1. The molecular formula is C18H14N2O4. The zero-order valence-electron chi connectivity index (χ0n) is 12.6. The van der Waals surface area contributed by atoms with Gasteiger partial charge in [0.2, 0.25) is 0 Å². The second kappa shape index (κ2) is 5.92. The highest BCUT2D eigenvalue weighted by molar-refractivity contribution is 5.97. The van der Waals surface area contributed by atoms with Gasteiger partial charge in [0.15, 0.2) is 0 Å². The lowest BCUT2D eigenvalue weighted by molar-refractivity contribution is 0.0938. The van der Waals surface area contributed by atoms with E-state index < -0.39 is 11.5 Å². The molecule has 3 rings (SSSR count). The van der Waals surface area contributed by atoms with Crippen molar-refractivity contribution in [1.29, 1.82) is 0 Å². The van der Waals surface area contributed by atoms with Crippen LogP contribution in [0.3, 0.4) is 0 Å². The number of aromatic hydroxyl groups is 2. The molecule has 1 aromatic heterocycles. The van der Waals surface area contributed by atoms with Crippen molar-refractivity contribution in [2.24, 2.45) is 0 Å². The van der Waals surface area contributed by atoms with E-state index in [0.717, 1.165) is 4.68 Å². The molecule has 3 aromatic rings. The van der Waals surface area contributed by atoms with E-state index in [1.165, 1.54) is 24.3 Å². The van der Waals surface area contributed by atoms with Crippen LogP contribution >= 0.6 is 0 Å². The first-order chi connectivity index (χ1) is 11.5. The molecule has 0 aliphatic heterocycles. The second-order valence-corrected chi connectivity index (χ2v) is 5.17. The summed E-state index contributed by atoms with van der Waals surface area (Å²) in [5.41, 5.74) is -0.188. The summed E-state index contributed by atoms with van der Waals surface area (Å²) in [6.45, 7) is 3.72. The number of H-pyrrole nitrogens is 1. The van der Waals surface area contributed by atoms with E-state index in [9.17, 15) is 19.8 Å². The maximum atomic E-state index is 12.5. The summed E-state index contributed by atoms with van der Waals surface area (Å²) in [7, 11) is 0. The number of rotatable bonds is 2. The lowest BCUT2D eigenvalue weighted by atomic mass is 10.1. The predicted octanol–water partition coefficient (Wildman–Crippen LogP) is 0.515. The molecule has 2 aromatic carbocycles. The number of aromatic amines is 1. The van der Waals surface area contributed by atoms with Gasteiger partial charge in [0, 0.05) is 5.56 Å². The Kier molecular flexibility index (Phi) is 3.79. The molecule has 24 heavy (non-hydrogen) atoms. The minimum absolute atomic E-state index is 0.00467. The molecular weight excluding hydrogens is 308 g/mol. The first kappa shape index (κ1) is 15.4. The maximum absolute atomic E-state index is 12.5. The Morgan fingerprint density at radius 3 is 2.33 bits per heavy atom. The van der Waals surface area contributed by atoms with E-state index in [0.29, 0.717) is 5.56 Å². The van der Waals surface area contributed by atoms with Gasteiger partial charge in [0.25, 0.3) is 11.5 Å². The largest absolute Gasteiger partial charge is 0.507 e. The molecule has 0 saturated carbocycles. The summed E-state index contributed by atoms with van der Waals surface area (Å²) in [6, 6.07) is 12.4. The molecule has 0 aliphatic carbocycles. The van der Waals surface area contributed by atoms with Crippen molar-refractivity contribution in [2.45, 2.75) is 0 Å². The summed E-state index contributed by atoms with van der Waals surface area (Å²) in [4.78, 5) is 25.0. The number of nitrogens with one attached hydrogen (secondary N) is 1. The third-order valence-corrected chi connectivity index (χ3v) is 3.58. The lowest BCUT2D eigenvalue weighted by Gasteiger charge is -2.02. The Hall–Kier alpha value is -3.54. The van der Waals surface area contributed by atoms with Crippen molar-refractivity contribution >= 4 is 18.6 Å². The van der Waals surface area contributed by atoms with Crippen LogP contribution < -0.4 is 16.1 Å². The van der Waals surface area contributed by atoms with Crippen molar-refractivity contribution in [3.8, 4) is 11.5 Å². The fraction of sp³-hybridized carbons (Fsp3) is 0. The third-order valence-electron chi connectivity index (χ3n) is 3.58. The van der Waals surface area contributed by atoms with Gasteiger partial charge < -0.3 is 10.2 Å². The molecule has 120 valence electrons. The first-order valence-corrected chi connectivity index (χ1v) is 7.11. The number of aromatic nitrogens is 2. The summed E-state index contributed by atoms with van der Waals surface area (Å²) in [6.07, 6.45) is 1.45. The molecule has 0 amide bonds. The van der Waals surface area contributed by atoms with Crippen LogP contribution in [0, 0.1) is 0 Å². The number of nitrogens with zero attached hydrogens (tertiary/aromatic N) is 1. The van der Waals surface area contributed by atoms with E-state index in [1.54, 1.807) is 30.3 Å². The molecule has 0 spiro atoms. The number of phenolic OH excluding ortho intramolecular Hbond substituents is 2. The van der Waals surface area contributed by atoms with Gasteiger partial charge in [-0.3, -0.25) is 14.7 Å². The number of carbonyl (C=O) groups is 1. The van der Waals surface area contributed by atoms with E-state index in [4.69, 9.17) is 0 Å². The monoisotopic (exact) mass is 322 g/mol. The topological polar surface area (TPSA) is 95.3 Å². The van der Waals surface area contributed by atoms with Gasteiger partial charge in [-0.1, -0.05) is 36.9 Å². The highest BCUT2D eigenvalue weighted by Gasteiger charge is 2.16. The van der Waals surface area contributed by atoms with Crippen LogP contribution in [0.25, 0.3) is 12.7 Å². The number of hydrogen-bond donors (Lipinski definition) is 3. The van der Waals surface area contributed by atoms with E-state index in [2.05, 4.69) is 11.7 Å². The number of benzene rings is 2. The van der Waals surface area contributed by atoms with Gasteiger partial charge in [-0.15, -0.1) is 0 Å². The molecule has 6 nitrogen and oxygen atoms in total. The zero-order valence-corrected chi connectivity index (χ0v) is 12.6. The summed E-state index contributed by atoms with van der Waals surface area (Å²) < 4.78 is 0.781. The Labute approximate surface area is 136 Å². The van der Waals surface area contributed by atoms with Gasteiger partial charge in [0.05, 0.1) is 16.1 Å². The summed E-state index contributed by atoms with van der Waals surface area (Å²) in [5, 5.41) is 22.6. The average Bonchev–Trinajstić information content (AvgIpc) is 2.85. The van der Waals surface area contributed by atoms with E-state index >= 15 is 0 Å². The van der Waals surface area contributed by atoms with Crippen LogP contribution in [-0.4, -0.2) is 25.9 Å². The van der Waals surface area contributed by atoms with Gasteiger partial charge in [-0.2, -0.15) is 4.68 Å². The molecule has 1 heterocycles. The number of phenols is 2. The summed E-state index contributed by atoms with van der Waals surface area (Å²) in [5.74, 6) is -0.906. The maximum Gasteiger partial charge on any atom is 0.283 e. The standard InChI is InChI=1S/C18H14N2O4/c1-11-14(10-12-6-2-4-8-15(12)21)18(24)20(19-11)17(23)13-7-3-5-9-16(13)22/h2-10,19,21-22H,1H2. The molecule has 0 atom stereocenters. The van der Waals surface area contributed by atoms with Crippen LogP contribution in [0.15, 0.2) is 53.3 Å². The van der Waals surface area contributed by atoms with E-state index in [-0.39, 0.29) is 27.6 Å². The fourth-order valence-corrected chi connectivity index (χ4v) is 2.33. The molecule has 6 heteroatoms. The minimum Gasteiger partial charge on any atom is -0.507 e. The SMILES string of the molecule is C=c1[nH]n(C(=O)c2ccccc2O)c(=O)c1=Cc1ccccc1O. The Bertz CT molecular complexity index is 1090. The predicted molar refractivity (Wildman–Crippen MR) is 89.3 cm³/mol. The average molecular weight is 322 g/mol. The van der Waals surface area contributed by atoms with Crippen molar-refractivity contribution < 1.29 is 15.0 Å². The Morgan fingerprint density at radius 1 is 1.04 bits per heavy atom. The highest BCUT2D eigenvalue weighted by atomic mass is 16.3. The van der Waals surface area contributed by atoms with Crippen molar-refractivity contribution in [2.75, 3.05) is 0 Å². The first-order valence-electron chi connectivity index (χ1n) is 7.11.